The number of nitrogens with zero attached hydrogens (tertiary/aromatic N) is 3. The van der Waals surface area contributed by atoms with E-state index in [1.54, 1.807) is 18.3 Å². The molecule has 7 heteroatoms. The highest BCUT2D eigenvalue weighted by atomic mass is 35.5. The number of rotatable bonds is 6. The summed E-state index contributed by atoms with van der Waals surface area (Å²) in [7, 11) is 0. The number of nitrogens with one attached hydrogen (secondary N) is 1. The molecule has 1 aromatic carbocycles. The third kappa shape index (κ3) is 4.42. The molecule has 0 unspecified atom stereocenters. The molecule has 0 radical (unpaired) electrons. The minimum Gasteiger partial charge on any atom is -0.307 e. The molecule has 1 saturated heterocycles. The van der Waals surface area contributed by atoms with Crippen LogP contribution in [0.5, 0.6) is 0 Å². The van der Waals surface area contributed by atoms with E-state index in [-0.39, 0.29) is 5.91 Å². The Morgan fingerprint density at radius 3 is 2.77 bits per heavy atom. The van der Waals surface area contributed by atoms with Crippen LogP contribution in [0, 0.1) is 0 Å². The lowest BCUT2D eigenvalue weighted by molar-refractivity contribution is 0.102. The first-order valence-electron chi connectivity index (χ1n) is 8.92. The molecule has 1 N–H and O–H groups in total. The molecule has 26 heavy (non-hydrogen) atoms. The van der Waals surface area contributed by atoms with Gasteiger partial charge in [0, 0.05) is 31.0 Å². The summed E-state index contributed by atoms with van der Waals surface area (Å²) in [4.78, 5) is 15.1. The Balaban J connectivity index is 1.64. The van der Waals surface area contributed by atoms with E-state index in [9.17, 15) is 4.79 Å². The molecule has 0 aliphatic carbocycles. The third-order valence-corrected chi connectivity index (χ3v) is 6.05. The number of halogens is 1. The number of hydrogen-bond acceptors (Lipinski definition) is 4. The second kappa shape index (κ2) is 8.93. The van der Waals surface area contributed by atoms with Gasteiger partial charge in [-0.15, -0.1) is 0 Å². The van der Waals surface area contributed by atoms with Crippen molar-refractivity contribution in [2.24, 2.45) is 0 Å². The predicted molar refractivity (Wildman–Crippen MR) is 109 cm³/mol. The minimum atomic E-state index is -0.205. The fourth-order valence-corrected chi connectivity index (χ4v) is 4.37. The first-order valence-corrected chi connectivity index (χ1v) is 10.7. The van der Waals surface area contributed by atoms with E-state index >= 15 is 0 Å². The number of anilines is 1. The molecular weight excluding hydrogens is 368 g/mol. The molecule has 0 spiro atoms. The summed E-state index contributed by atoms with van der Waals surface area (Å²) in [6, 6.07) is 9.83. The van der Waals surface area contributed by atoms with E-state index in [0.29, 0.717) is 22.7 Å². The van der Waals surface area contributed by atoms with Crippen LogP contribution < -0.4 is 5.32 Å². The number of piperidine rings is 1. The quantitative estimate of drug-likeness (QED) is 0.801. The van der Waals surface area contributed by atoms with Crippen LogP contribution in [0.15, 0.2) is 36.5 Å². The van der Waals surface area contributed by atoms with Gasteiger partial charge in [-0.3, -0.25) is 9.69 Å². The molecule has 0 bridgehead atoms. The van der Waals surface area contributed by atoms with Crippen molar-refractivity contribution in [2.75, 3.05) is 30.4 Å². The van der Waals surface area contributed by atoms with E-state index < -0.39 is 0 Å². The van der Waals surface area contributed by atoms with E-state index in [4.69, 9.17) is 11.6 Å². The molecule has 1 aliphatic rings. The smallest absolute Gasteiger partial charge is 0.258 e. The maximum absolute atomic E-state index is 12.5. The Morgan fingerprint density at radius 1 is 1.35 bits per heavy atom. The van der Waals surface area contributed by atoms with E-state index in [1.807, 2.05) is 34.6 Å². The Morgan fingerprint density at radius 2 is 2.08 bits per heavy atom. The van der Waals surface area contributed by atoms with Crippen LogP contribution in [0.1, 0.15) is 36.2 Å². The zero-order chi connectivity index (χ0) is 18.5. The van der Waals surface area contributed by atoms with Crippen LogP contribution in [0.2, 0.25) is 5.02 Å². The summed E-state index contributed by atoms with van der Waals surface area (Å²) in [5.41, 5.74) is 0.475. The lowest BCUT2D eigenvalue weighted by atomic mass is 10.0. The fraction of sp³-hybridized carbons (Fsp3) is 0.474. The van der Waals surface area contributed by atoms with Gasteiger partial charge in [-0.05, 0) is 38.2 Å². The Bertz CT molecular complexity index is 743. The molecule has 2 aromatic rings. The fourth-order valence-electron chi connectivity index (χ4n) is 3.45. The van der Waals surface area contributed by atoms with Crippen molar-refractivity contribution in [3.63, 3.8) is 0 Å². The van der Waals surface area contributed by atoms with Gasteiger partial charge in [-0.1, -0.05) is 23.7 Å². The summed E-state index contributed by atoms with van der Waals surface area (Å²) >= 11 is 8.02. The highest BCUT2D eigenvalue weighted by Crippen LogP contribution is 2.27. The second-order valence-electron chi connectivity index (χ2n) is 6.67. The first kappa shape index (κ1) is 19.3. The van der Waals surface area contributed by atoms with Gasteiger partial charge in [0.05, 0.1) is 22.8 Å². The van der Waals surface area contributed by atoms with Gasteiger partial charge in [0.25, 0.3) is 5.91 Å². The SMILES string of the molecule is CSC[C@@H](C)N1CCC(n2nccc2NC(=O)c2ccccc2Cl)CC1. The topological polar surface area (TPSA) is 50.2 Å². The third-order valence-electron chi connectivity index (χ3n) is 4.91. The van der Waals surface area contributed by atoms with Crippen LogP contribution >= 0.6 is 23.4 Å². The van der Waals surface area contributed by atoms with Crippen LogP contribution in [-0.4, -0.2) is 51.7 Å². The van der Waals surface area contributed by atoms with Crippen molar-refractivity contribution in [2.45, 2.75) is 31.8 Å². The number of likely N-dealkylation sites (tertiary alicyclic amines) is 1. The summed E-state index contributed by atoms with van der Waals surface area (Å²) in [6.07, 6.45) is 5.97. The number of thioether (sulfide) groups is 1. The molecule has 1 aliphatic heterocycles. The first-order chi connectivity index (χ1) is 12.6. The lowest BCUT2D eigenvalue weighted by Crippen LogP contribution is -2.41. The number of hydrogen-bond donors (Lipinski definition) is 1. The monoisotopic (exact) mass is 392 g/mol. The molecule has 5 nitrogen and oxygen atoms in total. The van der Waals surface area contributed by atoms with Crippen LogP contribution in [0.4, 0.5) is 5.82 Å². The highest BCUT2D eigenvalue weighted by Gasteiger charge is 2.25. The van der Waals surface area contributed by atoms with Gasteiger partial charge < -0.3 is 5.32 Å². The molecule has 1 atom stereocenters. The average Bonchev–Trinajstić information content (AvgIpc) is 3.10. The average molecular weight is 393 g/mol. The van der Waals surface area contributed by atoms with Crippen molar-refractivity contribution in [3.8, 4) is 0 Å². The van der Waals surface area contributed by atoms with Crippen molar-refractivity contribution in [1.82, 2.24) is 14.7 Å². The lowest BCUT2D eigenvalue weighted by Gasteiger charge is -2.36. The Kier molecular flexibility index (Phi) is 6.62. The van der Waals surface area contributed by atoms with Crippen LogP contribution in [-0.2, 0) is 0 Å². The molecular formula is C19H25ClN4OS. The molecule has 3 rings (SSSR count). The standard InChI is InChI=1S/C19H25ClN4OS/c1-14(13-26-2)23-11-8-15(9-12-23)24-18(7-10-21-24)22-19(25)16-5-3-4-6-17(16)20/h3-7,10,14-15H,8-9,11-13H2,1-2H3,(H,22,25)/t14-/m1/s1. The molecule has 2 heterocycles. The minimum absolute atomic E-state index is 0.205. The number of aromatic nitrogens is 2. The van der Waals surface area contributed by atoms with Crippen molar-refractivity contribution >= 4 is 35.1 Å². The van der Waals surface area contributed by atoms with E-state index in [1.165, 1.54) is 0 Å². The maximum atomic E-state index is 12.5. The number of carbonyl (C=O) groups is 1. The molecule has 1 aromatic heterocycles. The zero-order valence-corrected chi connectivity index (χ0v) is 16.8. The Labute approximate surface area is 164 Å². The van der Waals surface area contributed by atoms with E-state index in [2.05, 4.69) is 28.5 Å². The number of carbonyl (C=O) groups excluding carboxylic acids is 1. The zero-order valence-electron chi connectivity index (χ0n) is 15.2. The van der Waals surface area contributed by atoms with Gasteiger partial charge in [-0.25, -0.2) is 4.68 Å². The van der Waals surface area contributed by atoms with Crippen LogP contribution in [0.3, 0.4) is 0 Å². The van der Waals surface area contributed by atoms with Gasteiger partial charge in [0.2, 0.25) is 0 Å². The maximum Gasteiger partial charge on any atom is 0.258 e. The molecule has 140 valence electrons. The van der Waals surface area contributed by atoms with Gasteiger partial charge in [-0.2, -0.15) is 16.9 Å². The highest BCUT2D eigenvalue weighted by molar-refractivity contribution is 7.98. The summed E-state index contributed by atoms with van der Waals surface area (Å²) in [5.74, 6) is 1.68. The summed E-state index contributed by atoms with van der Waals surface area (Å²) < 4.78 is 1.95. The van der Waals surface area contributed by atoms with E-state index in [0.717, 1.165) is 37.5 Å². The normalized spacial score (nSPS) is 17.2. The second-order valence-corrected chi connectivity index (χ2v) is 7.98. The van der Waals surface area contributed by atoms with Gasteiger partial charge in [0.15, 0.2) is 0 Å². The number of benzene rings is 1. The van der Waals surface area contributed by atoms with Crippen LogP contribution in [0.25, 0.3) is 0 Å². The molecule has 1 amide bonds. The summed E-state index contributed by atoms with van der Waals surface area (Å²) in [5, 5.41) is 7.87. The summed E-state index contributed by atoms with van der Waals surface area (Å²) in [6.45, 7) is 4.41. The van der Waals surface area contributed by atoms with Crippen molar-refractivity contribution < 1.29 is 4.79 Å². The van der Waals surface area contributed by atoms with Gasteiger partial charge in [0.1, 0.15) is 5.82 Å². The molecule has 1 fully saturated rings. The predicted octanol–water partition coefficient (Wildman–Crippen LogP) is 4.18. The van der Waals surface area contributed by atoms with Gasteiger partial charge >= 0.3 is 0 Å². The molecule has 0 saturated carbocycles. The number of amides is 1. The Hall–Kier alpha value is -1.50. The van der Waals surface area contributed by atoms with Crippen molar-refractivity contribution in [1.29, 1.82) is 0 Å². The largest absolute Gasteiger partial charge is 0.307 e. The van der Waals surface area contributed by atoms with Crippen molar-refractivity contribution in [3.05, 3.63) is 47.1 Å².